The standard InChI is InChI=1S/C12H17BrN2O2/c1-15(9-5-3-2-4-6-9)12(16)14-11-8-7-10(13)17-11/h7-9H,2-6H2,1H3,(H,14,16). The number of nitrogens with one attached hydrogen (secondary N) is 1. The third kappa shape index (κ3) is 3.25. The summed E-state index contributed by atoms with van der Waals surface area (Å²) in [6, 6.07) is 3.76. The fourth-order valence-corrected chi connectivity index (χ4v) is 2.52. The van der Waals surface area contributed by atoms with E-state index in [0.717, 1.165) is 12.8 Å². The van der Waals surface area contributed by atoms with Crippen LogP contribution < -0.4 is 5.32 Å². The van der Waals surface area contributed by atoms with Crippen molar-refractivity contribution in [1.82, 2.24) is 4.90 Å². The lowest BCUT2D eigenvalue weighted by molar-refractivity contribution is 0.185. The van der Waals surface area contributed by atoms with E-state index in [4.69, 9.17) is 4.42 Å². The van der Waals surface area contributed by atoms with E-state index in [9.17, 15) is 4.79 Å². The molecule has 94 valence electrons. The average molecular weight is 301 g/mol. The average Bonchev–Trinajstić information content (AvgIpc) is 2.75. The third-order valence-corrected chi connectivity index (χ3v) is 3.67. The first-order valence-electron chi connectivity index (χ1n) is 5.96. The molecule has 0 atom stereocenters. The maximum atomic E-state index is 12.0. The van der Waals surface area contributed by atoms with Crippen molar-refractivity contribution in [3.05, 3.63) is 16.8 Å². The van der Waals surface area contributed by atoms with Gasteiger partial charge in [-0.25, -0.2) is 4.79 Å². The lowest BCUT2D eigenvalue weighted by Gasteiger charge is -2.30. The van der Waals surface area contributed by atoms with Crippen molar-refractivity contribution in [2.24, 2.45) is 0 Å². The molecule has 1 N–H and O–H groups in total. The van der Waals surface area contributed by atoms with Gasteiger partial charge in [0.05, 0.1) is 0 Å². The smallest absolute Gasteiger partial charge is 0.324 e. The number of carbonyl (C=O) groups excluding carboxylic acids is 1. The zero-order valence-electron chi connectivity index (χ0n) is 9.91. The van der Waals surface area contributed by atoms with E-state index in [-0.39, 0.29) is 6.03 Å². The molecule has 0 saturated heterocycles. The second-order valence-electron chi connectivity index (χ2n) is 4.44. The van der Waals surface area contributed by atoms with Crippen LogP contribution in [0.1, 0.15) is 32.1 Å². The van der Waals surface area contributed by atoms with Crippen LogP contribution in [0.4, 0.5) is 10.7 Å². The summed E-state index contributed by atoms with van der Waals surface area (Å²) in [6.07, 6.45) is 5.93. The van der Waals surface area contributed by atoms with E-state index in [1.54, 1.807) is 17.0 Å². The van der Waals surface area contributed by atoms with E-state index in [0.29, 0.717) is 16.6 Å². The van der Waals surface area contributed by atoms with Gasteiger partial charge in [0.15, 0.2) is 4.67 Å². The SMILES string of the molecule is CN(C(=O)Nc1ccc(Br)o1)C1CCCCC1. The molecule has 2 rings (SSSR count). The molecular weight excluding hydrogens is 284 g/mol. The van der Waals surface area contributed by atoms with Gasteiger partial charge in [0.1, 0.15) is 0 Å². The predicted molar refractivity (Wildman–Crippen MR) is 70.1 cm³/mol. The van der Waals surface area contributed by atoms with Gasteiger partial charge in [0.25, 0.3) is 0 Å². The van der Waals surface area contributed by atoms with Crippen LogP contribution >= 0.6 is 15.9 Å². The van der Waals surface area contributed by atoms with Crippen molar-refractivity contribution in [3.63, 3.8) is 0 Å². The van der Waals surface area contributed by atoms with Crippen molar-refractivity contribution in [1.29, 1.82) is 0 Å². The molecule has 0 spiro atoms. The molecule has 1 aromatic heterocycles. The molecule has 2 amide bonds. The summed E-state index contributed by atoms with van der Waals surface area (Å²) in [4.78, 5) is 13.7. The Labute approximate surface area is 109 Å². The molecule has 0 aromatic carbocycles. The Morgan fingerprint density at radius 2 is 2.12 bits per heavy atom. The van der Waals surface area contributed by atoms with Crippen molar-refractivity contribution < 1.29 is 9.21 Å². The predicted octanol–water partition coefficient (Wildman–Crippen LogP) is 3.84. The van der Waals surface area contributed by atoms with Crippen molar-refractivity contribution in [2.75, 3.05) is 12.4 Å². The number of amides is 2. The highest BCUT2D eigenvalue weighted by Crippen LogP contribution is 2.23. The van der Waals surface area contributed by atoms with Gasteiger partial charge in [-0.3, -0.25) is 5.32 Å². The largest absolute Gasteiger partial charge is 0.434 e. The molecule has 1 aliphatic carbocycles. The van der Waals surface area contributed by atoms with Crippen LogP contribution in [0.15, 0.2) is 21.2 Å². The number of hydrogen-bond acceptors (Lipinski definition) is 2. The maximum absolute atomic E-state index is 12.0. The van der Waals surface area contributed by atoms with Crippen LogP contribution in [-0.2, 0) is 0 Å². The maximum Gasteiger partial charge on any atom is 0.324 e. The molecule has 4 nitrogen and oxygen atoms in total. The number of hydrogen-bond donors (Lipinski definition) is 1. The van der Waals surface area contributed by atoms with Gasteiger partial charge in [-0.05, 0) is 34.8 Å². The summed E-state index contributed by atoms with van der Waals surface area (Å²) in [5.41, 5.74) is 0. The minimum absolute atomic E-state index is 0.0984. The highest BCUT2D eigenvalue weighted by atomic mass is 79.9. The second-order valence-corrected chi connectivity index (χ2v) is 5.22. The molecule has 1 aromatic rings. The zero-order valence-corrected chi connectivity index (χ0v) is 11.5. The van der Waals surface area contributed by atoms with Crippen LogP contribution in [0.25, 0.3) is 0 Å². The molecule has 1 heterocycles. The van der Waals surface area contributed by atoms with Crippen LogP contribution in [0.5, 0.6) is 0 Å². The van der Waals surface area contributed by atoms with Crippen molar-refractivity contribution in [2.45, 2.75) is 38.1 Å². The summed E-state index contributed by atoms with van der Waals surface area (Å²) >= 11 is 3.20. The summed E-state index contributed by atoms with van der Waals surface area (Å²) in [5.74, 6) is 0.476. The van der Waals surface area contributed by atoms with Crippen LogP contribution in [0.3, 0.4) is 0 Å². The van der Waals surface area contributed by atoms with E-state index in [1.807, 2.05) is 7.05 Å². The monoisotopic (exact) mass is 300 g/mol. The quantitative estimate of drug-likeness (QED) is 0.902. The minimum Gasteiger partial charge on any atom is -0.434 e. The number of urea groups is 1. The minimum atomic E-state index is -0.0984. The van der Waals surface area contributed by atoms with E-state index in [1.165, 1.54) is 19.3 Å². The number of anilines is 1. The Morgan fingerprint density at radius 1 is 1.41 bits per heavy atom. The molecular formula is C12H17BrN2O2. The number of furan rings is 1. The second kappa shape index (κ2) is 5.58. The van der Waals surface area contributed by atoms with Gasteiger partial charge in [0, 0.05) is 19.2 Å². The molecule has 5 heteroatoms. The normalized spacial score (nSPS) is 16.8. The molecule has 0 bridgehead atoms. The molecule has 1 saturated carbocycles. The van der Waals surface area contributed by atoms with Crippen LogP contribution in [-0.4, -0.2) is 24.0 Å². The first-order valence-corrected chi connectivity index (χ1v) is 6.75. The molecule has 0 radical (unpaired) electrons. The molecule has 1 aliphatic rings. The van der Waals surface area contributed by atoms with Gasteiger partial charge >= 0.3 is 6.03 Å². The van der Waals surface area contributed by atoms with Crippen LogP contribution in [0, 0.1) is 0 Å². The first kappa shape index (κ1) is 12.5. The summed E-state index contributed by atoms with van der Waals surface area (Å²) in [7, 11) is 1.85. The Kier molecular flexibility index (Phi) is 4.10. The van der Waals surface area contributed by atoms with Gasteiger partial charge < -0.3 is 9.32 Å². The lowest BCUT2D eigenvalue weighted by Crippen LogP contribution is -2.40. The first-order chi connectivity index (χ1) is 8.16. The highest BCUT2D eigenvalue weighted by molar-refractivity contribution is 9.10. The Morgan fingerprint density at radius 3 is 2.71 bits per heavy atom. The van der Waals surface area contributed by atoms with Crippen molar-refractivity contribution in [3.8, 4) is 0 Å². The van der Waals surface area contributed by atoms with E-state index in [2.05, 4.69) is 21.2 Å². The molecule has 1 fully saturated rings. The van der Waals surface area contributed by atoms with Gasteiger partial charge in [-0.1, -0.05) is 19.3 Å². The van der Waals surface area contributed by atoms with Crippen molar-refractivity contribution >= 4 is 27.8 Å². The highest BCUT2D eigenvalue weighted by Gasteiger charge is 2.22. The van der Waals surface area contributed by atoms with E-state index < -0.39 is 0 Å². The number of rotatable bonds is 2. The van der Waals surface area contributed by atoms with Gasteiger partial charge in [0.2, 0.25) is 5.88 Å². The topological polar surface area (TPSA) is 45.5 Å². The Balaban J connectivity index is 1.90. The Hall–Kier alpha value is -0.970. The number of halogens is 1. The summed E-state index contributed by atoms with van der Waals surface area (Å²) in [6.45, 7) is 0. The van der Waals surface area contributed by atoms with Crippen LogP contribution in [0.2, 0.25) is 0 Å². The molecule has 0 aliphatic heterocycles. The molecule has 0 unspecified atom stereocenters. The fourth-order valence-electron chi connectivity index (χ4n) is 2.21. The van der Waals surface area contributed by atoms with Gasteiger partial charge in [-0.2, -0.15) is 0 Å². The van der Waals surface area contributed by atoms with E-state index >= 15 is 0 Å². The fraction of sp³-hybridized carbons (Fsp3) is 0.583. The summed E-state index contributed by atoms with van der Waals surface area (Å²) in [5, 5.41) is 2.75. The third-order valence-electron chi connectivity index (χ3n) is 3.25. The number of carbonyl (C=O) groups is 1. The lowest BCUT2D eigenvalue weighted by atomic mass is 9.95. The summed E-state index contributed by atoms with van der Waals surface area (Å²) < 4.78 is 5.87. The zero-order chi connectivity index (χ0) is 12.3. The number of nitrogens with zero attached hydrogens (tertiary/aromatic N) is 1. The van der Waals surface area contributed by atoms with Gasteiger partial charge in [-0.15, -0.1) is 0 Å². The molecule has 17 heavy (non-hydrogen) atoms. The Bertz CT molecular complexity index is 386.